The van der Waals surface area contributed by atoms with Gasteiger partial charge in [-0.05, 0) is 44.7 Å². The zero-order valence-electron chi connectivity index (χ0n) is 9.29. The van der Waals surface area contributed by atoms with E-state index in [1.807, 2.05) is 0 Å². The summed E-state index contributed by atoms with van der Waals surface area (Å²) in [6, 6.07) is 0.847. The smallest absolute Gasteiger partial charge is 0.0177 e. The SMILES string of the molecule is Cl/C=C/CN(CC1CCCNC1)C1CC1. The first-order valence-electron chi connectivity index (χ1n) is 6.10. The highest BCUT2D eigenvalue weighted by Crippen LogP contribution is 2.28. The summed E-state index contributed by atoms with van der Waals surface area (Å²) in [6.07, 6.45) is 7.57. The van der Waals surface area contributed by atoms with Crippen molar-refractivity contribution in [2.24, 2.45) is 5.92 Å². The molecule has 0 aromatic rings. The molecular formula is C12H21ClN2. The Labute approximate surface area is 97.7 Å². The minimum atomic E-state index is 0.847. The van der Waals surface area contributed by atoms with Gasteiger partial charge in [-0.2, -0.15) is 0 Å². The van der Waals surface area contributed by atoms with E-state index < -0.39 is 0 Å². The monoisotopic (exact) mass is 228 g/mol. The molecule has 0 aromatic heterocycles. The van der Waals surface area contributed by atoms with E-state index in [1.165, 1.54) is 45.3 Å². The van der Waals surface area contributed by atoms with E-state index in [-0.39, 0.29) is 0 Å². The Morgan fingerprint density at radius 1 is 1.33 bits per heavy atom. The van der Waals surface area contributed by atoms with Crippen LogP contribution in [0.15, 0.2) is 11.6 Å². The van der Waals surface area contributed by atoms with Crippen molar-refractivity contribution in [3.8, 4) is 0 Å². The molecule has 2 rings (SSSR count). The third-order valence-electron chi connectivity index (χ3n) is 3.38. The number of piperidine rings is 1. The molecule has 2 nitrogen and oxygen atoms in total. The highest BCUT2D eigenvalue weighted by molar-refractivity contribution is 6.25. The Morgan fingerprint density at radius 3 is 2.80 bits per heavy atom. The van der Waals surface area contributed by atoms with Gasteiger partial charge in [0, 0.05) is 24.7 Å². The van der Waals surface area contributed by atoms with E-state index in [0.29, 0.717) is 0 Å². The molecule has 0 bridgehead atoms. The molecule has 0 spiro atoms. The van der Waals surface area contributed by atoms with Crippen molar-refractivity contribution in [2.75, 3.05) is 26.2 Å². The third-order valence-corrected chi connectivity index (χ3v) is 3.56. The van der Waals surface area contributed by atoms with Gasteiger partial charge in [0.2, 0.25) is 0 Å². The maximum atomic E-state index is 5.59. The number of rotatable bonds is 5. The van der Waals surface area contributed by atoms with Gasteiger partial charge in [0.05, 0.1) is 0 Å². The van der Waals surface area contributed by atoms with E-state index in [4.69, 9.17) is 11.6 Å². The average molecular weight is 229 g/mol. The van der Waals surface area contributed by atoms with Crippen LogP contribution in [0.4, 0.5) is 0 Å². The Morgan fingerprint density at radius 2 is 2.20 bits per heavy atom. The summed E-state index contributed by atoms with van der Waals surface area (Å²) >= 11 is 5.59. The molecule has 1 atom stereocenters. The van der Waals surface area contributed by atoms with Crippen molar-refractivity contribution in [1.29, 1.82) is 0 Å². The highest BCUT2D eigenvalue weighted by Gasteiger charge is 2.29. The van der Waals surface area contributed by atoms with Gasteiger partial charge in [-0.15, -0.1) is 0 Å². The largest absolute Gasteiger partial charge is 0.316 e. The second-order valence-electron chi connectivity index (χ2n) is 4.76. The highest BCUT2D eigenvalue weighted by atomic mass is 35.5. The van der Waals surface area contributed by atoms with Gasteiger partial charge >= 0.3 is 0 Å². The zero-order chi connectivity index (χ0) is 10.5. The van der Waals surface area contributed by atoms with E-state index in [0.717, 1.165) is 18.5 Å². The third kappa shape index (κ3) is 3.78. The second-order valence-corrected chi connectivity index (χ2v) is 5.01. The molecule has 1 aliphatic heterocycles. The maximum Gasteiger partial charge on any atom is 0.0177 e. The van der Waals surface area contributed by atoms with E-state index in [1.54, 1.807) is 5.54 Å². The molecule has 0 aromatic carbocycles. The van der Waals surface area contributed by atoms with Gasteiger partial charge in [-0.3, -0.25) is 4.90 Å². The lowest BCUT2D eigenvalue weighted by atomic mass is 9.99. The normalized spacial score (nSPS) is 27.7. The lowest BCUT2D eigenvalue weighted by Gasteiger charge is -2.29. The van der Waals surface area contributed by atoms with Gasteiger partial charge in [0.15, 0.2) is 0 Å². The van der Waals surface area contributed by atoms with Crippen molar-refractivity contribution < 1.29 is 0 Å². The quantitative estimate of drug-likeness (QED) is 0.776. The molecule has 2 fully saturated rings. The Balaban J connectivity index is 1.76. The molecule has 0 radical (unpaired) electrons. The van der Waals surface area contributed by atoms with Crippen LogP contribution in [0, 0.1) is 5.92 Å². The second kappa shape index (κ2) is 5.88. The number of hydrogen-bond donors (Lipinski definition) is 1. The lowest BCUT2D eigenvalue weighted by Crippen LogP contribution is -2.39. The summed E-state index contributed by atoms with van der Waals surface area (Å²) in [5.74, 6) is 0.850. The predicted octanol–water partition coefficient (Wildman–Crippen LogP) is 2.20. The number of nitrogens with zero attached hydrogens (tertiary/aromatic N) is 1. The minimum Gasteiger partial charge on any atom is -0.316 e. The summed E-state index contributed by atoms with van der Waals surface area (Å²) in [6.45, 7) is 4.69. The molecule has 2 aliphatic rings. The van der Waals surface area contributed by atoms with Gasteiger partial charge in [0.25, 0.3) is 0 Å². The van der Waals surface area contributed by atoms with Crippen LogP contribution < -0.4 is 5.32 Å². The van der Waals surface area contributed by atoms with Crippen LogP contribution in [0.3, 0.4) is 0 Å². The molecule has 1 saturated heterocycles. The summed E-state index contributed by atoms with van der Waals surface area (Å²) < 4.78 is 0. The Kier molecular flexibility index (Phi) is 4.48. The van der Waals surface area contributed by atoms with Crippen LogP contribution >= 0.6 is 11.6 Å². The van der Waals surface area contributed by atoms with Crippen LogP contribution in [-0.2, 0) is 0 Å². The first-order chi connectivity index (χ1) is 7.40. The van der Waals surface area contributed by atoms with Crippen LogP contribution in [0.5, 0.6) is 0 Å². The van der Waals surface area contributed by atoms with Gasteiger partial charge in [-0.1, -0.05) is 17.7 Å². The molecular weight excluding hydrogens is 208 g/mol. The van der Waals surface area contributed by atoms with Crippen molar-refractivity contribution in [3.05, 3.63) is 11.6 Å². The van der Waals surface area contributed by atoms with Crippen LogP contribution in [0.25, 0.3) is 0 Å². The fourth-order valence-corrected chi connectivity index (χ4v) is 2.48. The van der Waals surface area contributed by atoms with Gasteiger partial charge in [-0.25, -0.2) is 0 Å². The average Bonchev–Trinajstić information content (AvgIpc) is 3.09. The standard InChI is InChI=1S/C12H21ClN2/c13-6-2-8-15(12-4-5-12)10-11-3-1-7-14-9-11/h2,6,11-12,14H,1,3-5,7-10H2/b6-2+. The topological polar surface area (TPSA) is 15.3 Å². The Bertz CT molecular complexity index is 208. The fraction of sp³-hybridized carbons (Fsp3) is 0.833. The summed E-state index contributed by atoms with van der Waals surface area (Å²) in [4.78, 5) is 2.59. The number of halogens is 1. The van der Waals surface area contributed by atoms with Crippen LogP contribution in [-0.4, -0.2) is 37.1 Å². The van der Waals surface area contributed by atoms with E-state index in [9.17, 15) is 0 Å². The van der Waals surface area contributed by atoms with Crippen LogP contribution in [0.1, 0.15) is 25.7 Å². The van der Waals surface area contributed by atoms with Gasteiger partial charge in [0.1, 0.15) is 0 Å². The van der Waals surface area contributed by atoms with Crippen molar-refractivity contribution in [2.45, 2.75) is 31.7 Å². The molecule has 1 saturated carbocycles. The number of hydrogen-bond acceptors (Lipinski definition) is 2. The fourth-order valence-electron chi connectivity index (χ4n) is 2.40. The maximum absolute atomic E-state index is 5.59. The summed E-state index contributed by atoms with van der Waals surface area (Å²) in [7, 11) is 0. The molecule has 1 unspecified atom stereocenters. The summed E-state index contributed by atoms with van der Waals surface area (Å²) in [5, 5.41) is 3.48. The van der Waals surface area contributed by atoms with Crippen molar-refractivity contribution in [3.63, 3.8) is 0 Å². The molecule has 0 amide bonds. The first-order valence-corrected chi connectivity index (χ1v) is 6.54. The number of nitrogens with one attached hydrogen (secondary N) is 1. The van der Waals surface area contributed by atoms with E-state index in [2.05, 4.69) is 16.3 Å². The molecule has 3 heteroatoms. The van der Waals surface area contributed by atoms with Crippen LogP contribution in [0.2, 0.25) is 0 Å². The molecule has 1 N–H and O–H groups in total. The molecule has 1 aliphatic carbocycles. The Hall–Kier alpha value is -0.0500. The first kappa shape index (κ1) is 11.4. The molecule has 1 heterocycles. The van der Waals surface area contributed by atoms with Crippen molar-refractivity contribution in [1.82, 2.24) is 10.2 Å². The zero-order valence-corrected chi connectivity index (χ0v) is 10.0. The molecule has 86 valence electrons. The molecule has 15 heavy (non-hydrogen) atoms. The van der Waals surface area contributed by atoms with Gasteiger partial charge < -0.3 is 5.32 Å². The lowest BCUT2D eigenvalue weighted by molar-refractivity contribution is 0.217. The summed E-state index contributed by atoms with van der Waals surface area (Å²) in [5.41, 5.74) is 1.65. The predicted molar refractivity (Wildman–Crippen MR) is 65.2 cm³/mol. The van der Waals surface area contributed by atoms with Crippen molar-refractivity contribution >= 4 is 11.6 Å². The minimum absolute atomic E-state index is 0.847. The van der Waals surface area contributed by atoms with E-state index >= 15 is 0 Å².